The number of aliphatic hydroxyl groups excluding tert-OH is 2. The lowest BCUT2D eigenvalue weighted by molar-refractivity contribution is 0.0681. The van der Waals surface area contributed by atoms with Gasteiger partial charge in [0.05, 0.1) is 24.8 Å². The van der Waals surface area contributed by atoms with Gasteiger partial charge in [-0.25, -0.2) is 4.39 Å². The van der Waals surface area contributed by atoms with E-state index < -0.39 is 11.7 Å². The van der Waals surface area contributed by atoms with Crippen LogP contribution in [0.3, 0.4) is 0 Å². The van der Waals surface area contributed by atoms with Crippen molar-refractivity contribution in [3.05, 3.63) is 35.1 Å². The van der Waals surface area contributed by atoms with Crippen molar-refractivity contribution in [3.63, 3.8) is 0 Å². The molecule has 0 saturated carbocycles. The van der Waals surface area contributed by atoms with Gasteiger partial charge in [0.2, 0.25) is 0 Å². The van der Waals surface area contributed by atoms with Crippen LogP contribution in [-0.2, 0) is 0 Å². The molecular weight excluding hydrogens is 261 g/mol. The Morgan fingerprint density at radius 2 is 2.15 bits per heavy atom. The first-order chi connectivity index (χ1) is 9.51. The number of hydrogen-bond donors (Lipinski definition) is 2. The third kappa shape index (κ3) is 4.05. The molecule has 1 atom stereocenters. The van der Waals surface area contributed by atoms with Gasteiger partial charge in [-0.1, -0.05) is 11.8 Å². The van der Waals surface area contributed by atoms with Gasteiger partial charge in [-0.2, -0.15) is 0 Å². The molecular formula is C15H18FNO3. The monoisotopic (exact) mass is 279 g/mol. The van der Waals surface area contributed by atoms with E-state index in [4.69, 9.17) is 10.2 Å². The first-order valence-corrected chi connectivity index (χ1v) is 6.28. The lowest BCUT2D eigenvalue weighted by Crippen LogP contribution is -2.37. The van der Waals surface area contributed by atoms with Gasteiger partial charge in [-0.15, -0.1) is 0 Å². The number of carbonyl (C=O) groups excluding carboxylic acids is 1. The molecule has 1 amide bonds. The summed E-state index contributed by atoms with van der Waals surface area (Å²) in [6, 6.07) is 3.43. The third-order valence-corrected chi connectivity index (χ3v) is 2.92. The molecule has 0 aliphatic rings. The number of hydrogen-bond acceptors (Lipinski definition) is 3. The highest BCUT2D eigenvalue weighted by Gasteiger charge is 2.19. The van der Waals surface area contributed by atoms with E-state index in [0.717, 1.165) is 6.07 Å². The van der Waals surface area contributed by atoms with E-state index in [0.29, 0.717) is 5.56 Å². The van der Waals surface area contributed by atoms with Crippen LogP contribution in [0.5, 0.6) is 0 Å². The van der Waals surface area contributed by atoms with E-state index in [1.165, 1.54) is 17.0 Å². The number of nitrogens with zero attached hydrogens (tertiary/aromatic N) is 1. The molecule has 0 radical (unpaired) electrons. The minimum Gasteiger partial charge on any atom is -0.395 e. The Labute approximate surface area is 117 Å². The van der Waals surface area contributed by atoms with Crippen molar-refractivity contribution in [2.24, 2.45) is 0 Å². The lowest BCUT2D eigenvalue weighted by atomic mass is 10.1. The number of benzene rings is 1. The molecule has 2 N–H and O–H groups in total. The smallest absolute Gasteiger partial charge is 0.255 e. The van der Waals surface area contributed by atoms with Crippen LogP contribution in [0, 0.1) is 17.7 Å². The van der Waals surface area contributed by atoms with Crippen molar-refractivity contribution in [3.8, 4) is 11.8 Å². The number of halogens is 1. The van der Waals surface area contributed by atoms with Crippen LogP contribution in [0.25, 0.3) is 0 Å². The molecule has 108 valence electrons. The number of aliphatic hydroxyl groups is 2. The first kappa shape index (κ1) is 16.2. The average Bonchev–Trinajstić information content (AvgIpc) is 2.46. The lowest BCUT2D eigenvalue weighted by Gasteiger charge is -2.23. The Kier molecular flexibility index (Phi) is 6.16. The summed E-state index contributed by atoms with van der Waals surface area (Å²) in [6.45, 7) is 1.44. The fraction of sp³-hybridized carbons (Fsp3) is 0.400. The third-order valence-electron chi connectivity index (χ3n) is 2.92. The summed E-state index contributed by atoms with van der Waals surface area (Å²) in [5.41, 5.74) is 0.556. The standard InChI is InChI=1S/C15H18FNO3/c1-11(10-19)17(2)15(20)14-9-13(16)7-6-12(14)5-3-4-8-18/h6-7,9,11,18-19H,4,8,10H2,1-2H3. The van der Waals surface area contributed by atoms with E-state index in [9.17, 15) is 9.18 Å². The van der Waals surface area contributed by atoms with Gasteiger partial charge in [0.15, 0.2) is 0 Å². The molecule has 0 heterocycles. The van der Waals surface area contributed by atoms with Gasteiger partial charge in [0.1, 0.15) is 5.82 Å². The zero-order chi connectivity index (χ0) is 15.1. The van der Waals surface area contributed by atoms with E-state index in [2.05, 4.69) is 11.8 Å². The Morgan fingerprint density at radius 1 is 1.45 bits per heavy atom. The summed E-state index contributed by atoms with van der Waals surface area (Å²) in [4.78, 5) is 13.6. The van der Waals surface area contributed by atoms with Crippen LogP contribution >= 0.6 is 0 Å². The van der Waals surface area contributed by atoms with Gasteiger partial charge in [0, 0.05) is 19.0 Å². The van der Waals surface area contributed by atoms with Gasteiger partial charge >= 0.3 is 0 Å². The molecule has 1 rings (SSSR count). The van der Waals surface area contributed by atoms with Crippen LogP contribution in [0.2, 0.25) is 0 Å². The minimum absolute atomic E-state index is 0.0705. The van der Waals surface area contributed by atoms with Gasteiger partial charge in [-0.05, 0) is 25.1 Å². The van der Waals surface area contributed by atoms with Gasteiger partial charge in [0.25, 0.3) is 5.91 Å². The van der Waals surface area contributed by atoms with Crippen LogP contribution < -0.4 is 0 Å². The molecule has 0 spiro atoms. The molecule has 0 aliphatic heterocycles. The zero-order valence-corrected chi connectivity index (χ0v) is 11.6. The van der Waals surface area contributed by atoms with Crippen molar-refractivity contribution >= 4 is 5.91 Å². The molecule has 0 saturated heterocycles. The zero-order valence-electron chi connectivity index (χ0n) is 11.6. The highest BCUT2D eigenvalue weighted by molar-refractivity contribution is 5.96. The summed E-state index contributed by atoms with van der Waals surface area (Å²) < 4.78 is 13.3. The topological polar surface area (TPSA) is 60.8 Å². The number of carbonyl (C=O) groups is 1. The van der Waals surface area contributed by atoms with E-state index in [1.54, 1.807) is 14.0 Å². The van der Waals surface area contributed by atoms with E-state index >= 15 is 0 Å². The maximum atomic E-state index is 13.3. The van der Waals surface area contributed by atoms with Gasteiger partial charge in [-0.3, -0.25) is 4.79 Å². The fourth-order valence-corrected chi connectivity index (χ4v) is 1.53. The largest absolute Gasteiger partial charge is 0.395 e. The quantitative estimate of drug-likeness (QED) is 0.809. The predicted octanol–water partition coefficient (Wildman–Crippen LogP) is 1.01. The highest BCUT2D eigenvalue weighted by atomic mass is 19.1. The molecule has 1 aromatic rings. The molecule has 0 aliphatic carbocycles. The van der Waals surface area contributed by atoms with Crippen molar-refractivity contribution in [2.45, 2.75) is 19.4 Å². The first-order valence-electron chi connectivity index (χ1n) is 6.28. The highest BCUT2D eigenvalue weighted by Crippen LogP contribution is 2.14. The molecule has 1 aromatic carbocycles. The second-order valence-corrected chi connectivity index (χ2v) is 4.41. The SMILES string of the molecule is CC(CO)N(C)C(=O)c1cc(F)ccc1C#CCCO. The molecule has 0 fully saturated rings. The molecule has 0 bridgehead atoms. The van der Waals surface area contributed by atoms with Crippen LogP contribution in [-0.4, -0.2) is 47.3 Å². The Bertz CT molecular complexity index is 534. The van der Waals surface area contributed by atoms with Crippen molar-refractivity contribution in [1.29, 1.82) is 0 Å². The summed E-state index contributed by atoms with van der Waals surface area (Å²) in [7, 11) is 1.54. The average molecular weight is 279 g/mol. The second-order valence-electron chi connectivity index (χ2n) is 4.41. The second kappa shape index (κ2) is 7.63. The van der Waals surface area contributed by atoms with Crippen molar-refractivity contribution in [1.82, 2.24) is 4.90 Å². The molecule has 5 heteroatoms. The summed E-state index contributed by atoms with van der Waals surface area (Å²) in [5.74, 6) is 4.53. The number of amides is 1. The van der Waals surface area contributed by atoms with Crippen molar-refractivity contribution in [2.75, 3.05) is 20.3 Å². The van der Waals surface area contributed by atoms with Crippen LogP contribution in [0.1, 0.15) is 29.3 Å². The number of rotatable bonds is 4. The molecule has 0 aromatic heterocycles. The normalized spacial score (nSPS) is 11.4. The Morgan fingerprint density at radius 3 is 2.75 bits per heavy atom. The molecule has 20 heavy (non-hydrogen) atoms. The molecule has 4 nitrogen and oxygen atoms in total. The maximum Gasteiger partial charge on any atom is 0.255 e. The summed E-state index contributed by atoms with van der Waals surface area (Å²) >= 11 is 0. The summed E-state index contributed by atoms with van der Waals surface area (Å²) in [5, 5.41) is 17.8. The van der Waals surface area contributed by atoms with Crippen LogP contribution in [0.4, 0.5) is 4.39 Å². The minimum atomic E-state index is -0.522. The van der Waals surface area contributed by atoms with E-state index in [-0.39, 0.29) is 31.2 Å². The van der Waals surface area contributed by atoms with Gasteiger partial charge < -0.3 is 15.1 Å². The summed E-state index contributed by atoms with van der Waals surface area (Å²) in [6.07, 6.45) is 0.286. The Hall–Kier alpha value is -1.90. The number of likely N-dealkylation sites (N-methyl/N-ethyl adjacent to an activating group) is 1. The maximum absolute atomic E-state index is 13.3. The van der Waals surface area contributed by atoms with Crippen molar-refractivity contribution < 1.29 is 19.4 Å². The van der Waals surface area contributed by atoms with Crippen LogP contribution in [0.15, 0.2) is 18.2 Å². The predicted molar refractivity (Wildman–Crippen MR) is 73.6 cm³/mol. The molecule has 1 unspecified atom stereocenters. The van der Waals surface area contributed by atoms with E-state index in [1.807, 2.05) is 0 Å². The Balaban J connectivity index is 3.12. The fourth-order valence-electron chi connectivity index (χ4n) is 1.53.